The Morgan fingerprint density at radius 1 is 1.25 bits per heavy atom. The molecule has 2 nitrogen and oxygen atoms in total. The van der Waals surface area contributed by atoms with Crippen molar-refractivity contribution in [1.29, 1.82) is 0 Å². The number of amidine groups is 1. The van der Waals surface area contributed by atoms with Gasteiger partial charge in [0.2, 0.25) is 0 Å². The quantitative estimate of drug-likeness (QED) is 0.500. The molecule has 1 unspecified atom stereocenters. The van der Waals surface area contributed by atoms with Gasteiger partial charge in [0.25, 0.3) is 0 Å². The third-order valence-electron chi connectivity index (χ3n) is 1.83. The van der Waals surface area contributed by atoms with Crippen molar-refractivity contribution in [2.45, 2.75) is 53.0 Å². The van der Waals surface area contributed by atoms with Gasteiger partial charge in [-0.25, -0.2) is 0 Å². The summed E-state index contributed by atoms with van der Waals surface area (Å²) in [4.78, 5) is 4.27. The van der Waals surface area contributed by atoms with E-state index >= 15 is 0 Å². The number of rotatable bonds is 5. The van der Waals surface area contributed by atoms with Gasteiger partial charge in [0.05, 0.1) is 5.84 Å². The van der Waals surface area contributed by atoms with Crippen molar-refractivity contribution in [3.63, 3.8) is 0 Å². The first-order valence-corrected chi connectivity index (χ1v) is 4.82. The fourth-order valence-corrected chi connectivity index (χ4v) is 1.23. The lowest BCUT2D eigenvalue weighted by Gasteiger charge is -2.08. The van der Waals surface area contributed by atoms with Crippen LogP contribution in [0.5, 0.6) is 0 Å². The highest BCUT2D eigenvalue weighted by atomic mass is 14.9. The molecule has 0 aromatic rings. The van der Waals surface area contributed by atoms with Gasteiger partial charge in [0.1, 0.15) is 0 Å². The van der Waals surface area contributed by atoms with Crippen molar-refractivity contribution in [3.05, 3.63) is 0 Å². The van der Waals surface area contributed by atoms with E-state index in [0.29, 0.717) is 11.9 Å². The van der Waals surface area contributed by atoms with Gasteiger partial charge >= 0.3 is 0 Å². The van der Waals surface area contributed by atoms with E-state index in [2.05, 4.69) is 25.8 Å². The minimum Gasteiger partial charge on any atom is -0.388 e. The summed E-state index contributed by atoms with van der Waals surface area (Å²) in [5.41, 5.74) is 5.47. The van der Waals surface area contributed by atoms with Crippen molar-refractivity contribution in [2.75, 3.05) is 0 Å². The molecule has 0 bridgehead atoms. The molecule has 0 heterocycles. The lowest BCUT2D eigenvalue weighted by Crippen LogP contribution is -2.10. The highest BCUT2D eigenvalue weighted by molar-refractivity contribution is 5.77. The molecule has 0 rings (SSSR count). The van der Waals surface area contributed by atoms with E-state index in [1.54, 1.807) is 0 Å². The molecule has 0 aliphatic rings. The van der Waals surface area contributed by atoms with E-state index in [9.17, 15) is 0 Å². The fraction of sp³-hybridized carbons (Fsp3) is 0.900. The van der Waals surface area contributed by atoms with E-state index in [1.165, 1.54) is 12.8 Å². The molecule has 0 aliphatic carbocycles. The van der Waals surface area contributed by atoms with Crippen LogP contribution in [-0.2, 0) is 0 Å². The van der Waals surface area contributed by atoms with E-state index < -0.39 is 0 Å². The second-order valence-electron chi connectivity index (χ2n) is 3.94. The van der Waals surface area contributed by atoms with Crippen LogP contribution in [0.3, 0.4) is 0 Å². The number of nitrogens with two attached hydrogens (primary N) is 1. The van der Waals surface area contributed by atoms with E-state index in [0.717, 1.165) is 12.3 Å². The van der Waals surface area contributed by atoms with Gasteiger partial charge in [0.15, 0.2) is 0 Å². The van der Waals surface area contributed by atoms with Crippen LogP contribution in [0.4, 0.5) is 0 Å². The maximum Gasteiger partial charge on any atom is 0.0908 e. The zero-order valence-corrected chi connectivity index (χ0v) is 8.80. The molecule has 0 spiro atoms. The van der Waals surface area contributed by atoms with Crippen LogP contribution in [0.2, 0.25) is 0 Å². The van der Waals surface area contributed by atoms with Crippen LogP contribution in [0.15, 0.2) is 4.99 Å². The summed E-state index contributed by atoms with van der Waals surface area (Å²) in [6, 6.07) is 0.397. The normalized spacial score (nSPS) is 15.2. The second kappa shape index (κ2) is 6.04. The minimum absolute atomic E-state index is 0.397. The third-order valence-corrected chi connectivity index (χ3v) is 1.83. The van der Waals surface area contributed by atoms with Gasteiger partial charge < -0.3 is 5.73 Å². The van der Waals surface area contributed by atoms with Gasteiger partial charge in [-0.2, -0.15) is 0 Å². The highest BCUT2D eigenvalue weighted by Gasteiger charge is 2.00. The predicted molar refractivity (Wildman–Crippen MR) is 55.4 cm³/mol. The Hall–Kier alpha value is -0.530. The first kappa shape index (κ1) is 11.5. The van der Waals surface area contributed by atoms with E-state index in [-0.39, 0.29) is 0 Å². The van der Waals surface area contributed by atoms with Crippen LogP contribution in [0.1, 0.15) is 47.0 Å². The Bertz CT molecular complexity index is 135. The van der Waals surface area contributed by atoms with Crippen LogP contribution in [0, 0.1) is 5.92 Å². The largest absolute Gasteiger partial charge is 0.388 e. The van der Waals surface area contributed by atoms with Gasteiger partial charge in [-0.15, -0.1) is 0 Å². The maximum absolute atomic E-state index is 5.47. The molecule has 0 aromatic carbocycles. The Balaban J connectivity index is 3.44. The molecule has 2 heteroatoms. The van der Waals surface area contributed by atoms with Gasteiger partial charge in [0, 0.05) is 6.04 Å². The molecule has 1 atom stereocenters. The van der Waals surface area contributed by atoms with Crippen molar-refractivity contribution in [2.24, 2.45) is 16.6 Å². The first-order valence-electron chi connectivity index (χ1n) is 4.82. The van der Waals surface area contributed by atoms with Gasteiger partial charge in [-0.3, -0.25) is 4.99 Å². The third kappa shape index (κ3) is 7.58. The van der Waals surface area contributed by atoms with Crippen LogP contribution in [0.25, 0.3) is 0 Å². The standard InChI is InChI=1S/C10H22N2/c1-8(2)6-5-7-9(3)12-10(4)11/h8-9H,5-7H2,1-4H3,(H2,11,12). The SMILES string of the molecule is CC(N)=NC(C)CCCC(C)C. The Morgan fingerprint density at radius 2 is 1.83 bits per heavy atom. The van der Waals surface area contributed by atoms with Crippen LogP contribution < -0.4 is 5.73 Å². The molecule has 0 saturated carbocycles. The summed E-state index contributed by atoms with van der Waals surface area (Å²) < 4.78 is 0. The molecule has 0 fully saturated rings. The predicted octanol–water partition coefficient (Wildman–Crippen LogP) is 2.58. The summed E-state index contributed by atoms with van der Waals surface area (Å²) in [7, 11) is 0. The number of aliphatic imine (C=N–C) groups is 1. The summed E-state index contributed by atoms with van der Waals surface area (Å²) in [6.07, 6.45) is 3.71. The monoisotopic (exact) mass is 170 g/mol. The molecule has 2 N–H and O–H groups in total. The first-order chi connectivity index (χ1) is 5.52. The Kier molecular flexibility index (Phi) is 5.77. The zero-order valence-electron chi connectivity index (χ0n) is 8.80. The number of hydrogen-bond acceptors (Lipinski definition) is 1. The fourth-order valence-electron chi connectivity index (χ4n) is 1.23. The Morgan fingerprint density at radius 3 is 2.25 bits per heavy atom. The molecular weight excluding hydrogens is 148 g/mol. The van der Waals surface area contributed by atoms with Crippen molar-refractivity contribution < 1.29 is 0 Å². The minimum atomic E-state index is 0.397. The van der Waals surface area contributed by atoms with Gasteiger partial charge in [-0.1, -0.05) is 26.7 Å². The van der Waals surface area contributed by atoms with Crippen LogP contribution >= 0.6 is 0 Å². The summed E-state index contributed by atoms with van der Waals surface area (Å²) in [6.45, 7) is 8.47. The lowest BCUT2D eigenvalue weighted by molar-refractivity contribution is 0.511. The average Bonchev–Trinajstić information content (AvgIpc) is 1.84. The van der Waals surface area contributed by atoms with Crippen molar-refractivity contribution in [3.8, 4) is 0 Å². The number of hydrogen-bond donors (Lipinski definition) is 1. The molecule has 0 radical (unpaired) electrons. The van der Waals surface area contributed by atoms with Crippen LogP contribution in [-0.4, -0.2) is 11.9 Å². The molecule has 0 saturated heterocycles. The van der Waals surface area contributed by atoms with E-state index in [4.69, 9.17) is 5.73 Å². The maximum atomic E-state index is 5.47. The lowest BCUT2D eigenvalue weighted by atomic mass is 10.0. The average molecular weight is 170 g/mol. The number of nitrogens with zero attached hydrogens (tertiary/aromatic N) is 1. The molecule has 12 heavy (non-hydrogen) atoms. The zero-order chi connectivity index (χ0) is 9.56. The molecule has 0 amide bonds. The Labute approximate surface area is 76.3 Å². The molecule has 72 valence electrons. The smallest absolute Gasteiger partial charge is 0.0908 e. The molecule has 0 aromatic heterocycles. The molecular formula is C10H22N2. The van der Waals surface area contributed by atoms with Crippen molar-refractivity contribution >= 4 is 5.84 Å². The van der Waals surface area contributed by atoms with E-state index in [1.807, 2.05) is 6.92 Å². The summed E-state index contributed by atoms with van der Waals surface area (Å²) in [5, 5.41) is 0. The van der Waals surface area contributed by atoms with Gasteiger partial charge in [-0.05, 0) is 26.2 Å². The van der Waals surface area contributed by atoms with Crippen molar-refractivity contribution in [1.82, 2.24) is 0 Å². The second-order valence-corrected chi connectivity index (χ2v) is 3.94. The molecule has 0 aliphatic heterocycles. The topological polar surface area (TPSA) is 38.4 Å². The highest BCUT2D eigenvalue weighted by Crippen LogP contribution is 2.09. The summed E-state index contributed by atoms with van der Waals surface area (Å²) >= 11 is 0. The summed E-state index contributed by atoms with van der Waals surface area (Å²) in [5.74, 6) is 1.51.